The molecule has 2 heterocycles. The topological polar surface area (TPSA) is 56.7 Å². The summed E-state index contributed by atoms with van der Waals surface area (Å²) < 4.78 is 0. The van der Waals surface area contributed by atoms with Crippen LogP contribution in [0.3, 0.4) is 0 Å². The van der Waals surface area contributed by atoms with Crippen molar-refractivity contribution in [1.82, 2.24) is 9.88 Å². The van der Waals surface area contributed by atoms with E-state index in [1.54, 1.807) is 18.2 Å². The first kappa shape index (κ1) is 15.5. The van der Waals surface area contributed by atoms with Gasteiger partial charge in [0.15, 0.2) is 0 Å². The number of aromatic nitrogens is 1. The molecule has 0 amide bonds. The minimum atomic E-state index is -0.907. The quantitative estimate of drug-likeness (QED) is 0.921. The Balaban J connectivity index is 0.00000161. The summed E-state index contributed by atoms with van der Waals surface area (Å²) in [6, 6.07) is 8.96. The SMILES string of the molecule is CN1CCN(c2ccc3cc(C(=O)O)ccc3n2)CC1.Cl. The van der Waals surface area contributed by atoms with Crippen LogP contribution in [0.5, 0.6) is 0 Å². The normalized spacial score (nSPS) is 15.8. The molecule has 1 aliphatic rings. The van der Waals surface area contributed by atoms with Gasteiger partial charge >= 0.3 is 5.97 Å². The molecule has 1 N–H and O–H groups in total. The first-order valence-electron chi connectivity index (χ1n) is 6.71. The second-order valence-electron chi connectivity index (χ2n) is 5.17. The predicted molar refractivity (Wildman–Crippen MR) is 85.7 cm³/mol. The molecule has 112 valence electrons. The maximum atomic E-state index is 11.0. The Morgan fingerprint density at radius 3 is 2.52 bits per heavy atom. The molecule has 1 aliphatic heterocycles. The molecule has 0 atom stereocenters. The van der Waals surface area contributed by atoms with Gasteiger partial charge in [-0.1, -0.05) is 0 Å². The summed E-state index contributed by atoms with van der Waals surface area (Å²) >= 11 is 0. The number of carboxylic acid groups (broad SMARTS) is 1. The van der Waals surface area contributed by atoms with E-state index in [4.69, 9.17) is 5.11 Å². The maximum Gasteiger partial charge on any atom is 0.335 e. The van der Waals surface area contributed by atoms with Gasteiger partial charge in [-0.15, -0.1) is 12.4 Å². The molecule has 21 heavy (non-hydrogen) atoms. The number of pyridine rings is 1. The number of aromatic carboxylic acids is 1. The van der Waals surface area contributed by atoms with E-state index in [0.29, 0.717) is 5.56 Å². The summed E-state index contributed by atoms with van der Waals surface area (Å²) in [5.41, 5.74) is 1.14. The number of piperazine rings is 1. The lowest BCUT2D eigenvalue weighted by Crippen LogP contribution is -2.44. The van der Waals surface area contributed by atoms with E-state index < -0.39 is 5.97 Å². The Kier molecular flexibility index (Phi) is 4.65. The van der Waals surface area contributed by atoms with Crippen molar-refractivity contribution in [3.05, 3.63) is 35.9 Å². The number of likely N-dealkylation sites (N-methyl/N-ethyl adjacent to an activating group) is 1. The molecule has 0 radical (unpaired) electrons. The van der Waals surface area contributed by atoms with Crippen LogP contribution >= 0.6 is 12.4 Å². The highest BCUT2D eigenvalue weighted by Gasteiger charge is 2.15. The van der Waals surface area contributed by atoms with Crippen LogP contribution in [0.25, 0.3) is 10.9 Å². The number of anilines is 1. The van der Waals surface area contributed by atoms with E-state index in [1.807, 2.05) is 12.1 Å². The average molecular weight is 308 g/mol. The molecule has 2 aromatic rings. The number of carbonyl (C=O) groups is 1. The number of fused-ring (bicyclic) bond motifs is 1. The number of hydrogen-bond acceptors (Lipinski definition) is 4. The standard InChI is InChI=1S/C15H17N3O2.ClH/c1-17-6-8-18(9-7-17)14-5-3-11-10-12(15(19)20)2-4-13(11)16-14;/h2-5,10H,6-9H2,1H3,(H,19,20);1H. The Morgan fingerprint density at radius 2 is 1.86 bits per heavy atom. The van der Waals surface area contributed by atoms with Gasteiger partial charge in [0, 0.05) is 31.6 Å². The molecule has 1 aromatic carbocycles. The highest BCUT2D eigenvalue weighted by molar-refractivity contribution is 5.93. The van der Waals surface area contributed by atoms with Crippen molar-refractivity contribution in [3.8, 4) is 0 Å². The van der Waals surface area contributed by atoms with E-state index >= 15 is 0 Å². The van der Waals surface area contributed by atoms with Crippen molar-refractivity contribution in [2.45, 2.75) is 0 Å². The molecule has 1 fully saturated rings. The molecule has 5 nitrogen and oxygen atoms in total. The van der Waals surface area contributed by atoms with Crippen molar-refractivity contribution in [1.29, 1.82) is 0 Å². The van der Waals surface area contributed by atoms with Gasteiger partial charge in [-0.3, -0.25) is 0 Å². The fraction of sp³-hybridized carbons (Fsp3) is 0.333. The number of nitrogens with zero attached hydrogens (tertiary/aromatic N) is 3. The lowest BCUT2D eigenvalue weighted by molar-refractivity contribution is 0.0697. The van der Waals surface area contributed by atoms with Crippen molar-refractivity contribution in [2.24, 2.45) is 0 Å². The van der Waals surface area contributed by atoms with Crippen LogP contribution in [0.4, 0.5) is 5.82 Å². The second-order valence-corrected chi connectivity index (χ2v) is 5.17. The summed E-state index contributed by atoms with van der Waals surface area (Å²) in [4.78, 5) is 20.2. The van der Waals surface area contributed by atoms with Crippen LogP contribution in [0.15, 0.2) is 30.3 Å². The van der Waals surface area contributed by atoms with Gasteiger partial charge in [0.2, 0.25) is 0 Å². The average Bonchev–Trinajstić information content (AvgIpc) is 2.47. The van der Waals surface area contributed by atoms with Gasteiger partial charge < -0.3 is 14.9 Å². The van der Waals surface area contributed by atoms with Gasteiger partial charge in [0.1, 0.15) is 5.82 Å². The molecule has 3 rings (SSSR count). The fourth-order valence-corrected chi connectivity index (χ4v) is 2.46. The maximum absolute atomic E-state index is 11.0. The highest BCUT2D eigenvalue weighted by atomic mass is 35.5. The van der Waals surface area contributed by atoms with Crippen LogP contribution in [-0.4, -0.2) is 54.2 Å². The molecule has 1 saturated heterocycles. The molecule has 0 unspecified atom stereocenters. The Hall–Kier alpha value is -1.85. The molecular formula is C15H18ClN3O2. The number of hydrogen-bond donors (Lipinski definition) is 1. The van der Waals surface area contributed by atoms with E-state index in [0.717, 1.165) is 42.9 Å². The van der Waals surface area contributed by atoms with Gasteiger partial charge in [0.05, 0.1) is 11.1 Å². The Bertz CT molecular complexity index is 654. The number of benzene rings is 1. The Morgan fingerprint density at radius 1 is 1.14 bits per heavy atom. The van der Waals surface area contributed by atoms with Crippen LogP contribution in [0.2, 0.25) is 0 Å². The molecule has 0 bridgehead atoms. The van der Waals surface area contributed by atoms with Gasteiger partial charge in [-0.05, 0) is 37.4 Å². The van der Waals surface area contributed by atoms with E-state index in [1.165, 1.54) is 0 Å². The molecule has 1 aromatic heterocycles. The second kappa shape index (κ2) is 6.28. The number of rotatable bonds is 2. The largest absolute Gasteiger partial charge is 0.478 e. The summed E-state index contributed by atoms with van der Waals surface area (Å²) in [6.45, 7) is 4.03. The van der Waals surface area contributed by atoms with Crippen molar-refractivity contribution < 1.29 is 9.90 Å². The van der Waals surface area contributed by atoms with Crippen molar-refractivity contribution in [3.63, 3.8) is 0 Å². The minimum absolute atomic E-state index is 0. The first-order chi connectivity index (χ1) is 9.63. The van der Waals surface area contributed by atoms with Crippen molar-refractivity contribution >= 4 is 35.1 Å². The van der Waals surface area contributed by atoms with Crippen LogP contribution in [0, 0.1) is 0 Å². The smallest absolute Gasteiger partial charge is 0.335 e. The van der Waals surface area contributed by atoms with Gasteiger partial charge in [0.25, 0.3) is 0 Å². The summed E-state index contributed by atoms with van der Waals surface area (Å²) in [6.07, 6.45) is 0. The zero-order valence-electron chi connectivity index (χ0n) is 11.8. The molecule has 0 saturated carbocycles. The van der Waals surface area contributed by atoms with Crippen molar-refractivity contribution in [2.75, 3.05) is 38.1 Å². The van der Waals surface area contributed by atoms with Crippen LogP contribution < -0.4 is 4.90 Å². The van der Waals surface area contributed by atoms with E-state index in [-0.39, 0.29) is 12.4 Å². The van der Waals surface area contributed by atoms with E-state index in [2.05, 4.69) is 21.8 Å². The van der Waals surface area contributed by atoms with Crippen LogP contribution in [-0.2, 0) is 0 Å². The number of halogens is 1. The molecule has 0 spiro atoms. The van der Waals surface area contributed by atoms with Crippen LogP contribution in [0.1, 0.15) is 10.4 Å². The van der Waals surface area contributed by atoms with Gasteiger partial charge in [-0.2, -0.15) is 0 Å². The highest BCUT2D eigenvalue weighted by Crippen LogP contribution is 2.20. The third-order valence-corrected chi connectivity index (χ3v) is 3.75. The third kappa shape index (κ3) is 3.25. The molecular weight excluding hydrogens is 290 g/mol. The van der Waals surface area contributed by atoms with E-state index in [9.17, 15) is 4.79 Å². The lowest BCUT2D eigenvalue weighted by Gasteiger charge is -2.33. The predicted octanol–water partition coefficient (Wildman–Crippen LogP) is 2.11. The fourth-order valence-electron chi connectivity index (χ4n) is 2.46. The lowest BCUT2D eigenvalue weighted by atomic mass is 10.1. The number of carboxylic acids is 1. The molecule has 6 heteroatoms. The summed E-state index contributed by atoms with van der Waals surface area (Å²) in [7, 11) is 2.12. The monoisotopic (exact) mass is 307 g/mol. The Labute approximate surface area is 129 Å². The first-order valence-corrected chi connectivity index (χ1v) is 6.71. The third-order valence-electron chi connectivity index (χ3n) is 3.75. The zero-order chi connectivity index (χ0) is 14.1. The summed E-state index contributed by atoms with van der Waals surface area (Å²) in [5, 5.41) is 9.86. The summed E-state index contributed by atoms with van der Waals surface area (Å²) in [5.74, 6) is 0.0590. The zero-order valence-corrected chi connectivity index (χ0v) is 12.6. The minimum Gasteiger partial charge on any atom is -0.478 e. The van der Waals surface area contributed by atoms with Gasteiger partial charge in [-0.25, -0.2) is 9.78 Å². The molecule has 0 aliphatic carbocycles.